The van der Waals surface area contributed by atoms with Crippen molar-refractivity contribution in [3.63, 3.8) is 0 Å². The number of fused-ring (bicyclic) bond motifs is 1. The van der Waals surface area contributed by atoms with E-state index in [4.69, 9.17) is 5.73 Å². The molecule has 2 N–H and O–H groups in total. The molecule has 1 aromatic heterocycles. The SMILES string of the molecule is NC(=O)c1nn(-c2cc(F)ccc2F)c2c1C(=O)CCC2. The Bertz CT molecular complexity index is 768. The van der Waals surface area contributed by atoms with E-state index >= 15 is 0 Å². The number of Topliss-reactive ketones (excluding diaryl/α,β-unsaturated/α-hetero) is 1. The number of halogens is 2. The molecule has 1 aliphatic carbocycles. The fourth-order valence-corrected chi connectivity index (χ4v) is 2.54. The number of primary amides is 1. The van der Waals surface area contributed by atoms with Gasteiger partial charge in [0.25, 0.3) is 5.91 Å². The van der Waals surface area contributed by atoms with Crippen LogP contribution in [-0.4, -0.2) is 21.5 Å². The lowest BCUT2D eigenvalue weighted by atomic mass is 9.94. The number of rotatable bonds is 2. The molecule has 0 aliphatic heterocycles. The molecule has 0 radical (unpaired) electrons. The third kappa shape index (κ3) is 2.10. The Labute approximate surface area is 118 Å². The number of amides is 1. The average molecular weight is 291 g/mol. The third-order valence-electron chi connectivity index (χ3n) is 3.45. The fraction of sp³-hybridized carbons (Fsp3) is 0.214. The molecule has 0 bridgehead atoms. The Hall–Kier alpha value is -2.57. The monoisotopic (exact) mass is 291 g/mol. The Morgan fingerprint density at radius 2 is 2.05 bits per heavy atom. The first-order valence-corrected chi connectivity index (χ1v) is 6.39. The molecule has 1 heterocycles. The zero-order valence-electron chi connectivity index (χ0n) is 10.9. The van der Waals surface area contributed by atoms with Crippen LogP contribution in [0, 0.1) is 11.6 Å². The van der Waals surface area contributed by atoms with E-state index in [1.807, 2.05) is 0 Å². The Balaban J connectivity index is 2.29. The highest BCUT2D eigenvalue weighted by Crippen LogP contribution is 2.28. The predicted molar refractivity (Wildman–Crippen MR) is 69.3 cm³/mol. The van der Waals surface area contributed by atoms with Gasteiger partial charge in [0.2, 0.25) is 0 Å². The van der Waals surface area contributed by atoms with Gasteiger partial charge in [-0.2, -0.15) is 5.10 Å². The molecular formula is C14H11F2N3O2. The van der Waals surface area contributed by atoms with Crippen molar-refractivity contribution in [3.8, 4) is 5.69 Å². The van der Waals surface area contributed by atoms with Gasteiger partial charge in [0, 0.05) is 12.5 Å². The van der Waals surface area contributed by atoms with Crippen LogP contribution in [0.2, 0.25) is 0 Å². The van der Waals surface area contributed by atoms with E-state index in [-0.39, 0.29) is 29.1 Å². The molecule has 1 amide bonds. The van der Waals surface area contributed by atoms with Gasteiger partial charge in [-0.25, -0.2) is 13.5 Å². The van der Waals surface area contributed by atoms with Crippen LogP contribution >= 0.6 is 0 Å². The molecule has 7 heteroatoms. The van der Waals surface area contributed by atoms with Crippen LogP contribution < -0.4 is 5.73 Å². The maximum Gasteiger partial charge on any atom is 0.269 e. The van der Waals surface area contributed by atoms with Gasteiger partial charge >= 0.3 is 0 Å². The van der Waals surface area contributed by atoms with Gasteiger partial charge in [-0.1, -0.05) is 0 Å². The van der Waals surface area contributed by atoms with Crippen LogP contribution in [0.25, 0.3) is 5.69 Å². The average Bonchev–Trinajstić information content (AvgIpc) is 2.82. The molecule has 1 aliphatic rings. The van der Waals surface area contributed by atoms with E-state index in [1.165, 1.54) is 0 Å². The molecule has 21 heavy (non-hydrogen) atoms. The fourth-order valence-electron chi connectivity index (χ4n) is 2.54. The van der Waals surface area contributed by atoms with Gasteiger partial charge in [-0.3, -0.25) is 9.59 Å². The van der Waals surface area contributed by atoms with Crippen molar-refractivity contribution in [3.05, 3.63) is 46.8 Å². The summed E-state index contributed by atoms with van der Waals surface area (Å²) in [4.78, 5) is 23.4. The van der Waals surface area contributed by atoms with E-state index in [1.54, 1.807) is 0 Å². The van der Waals surface area contributed by atoms with Gasteiger partial charge in [-0.15, -0.1) is 0 Å². The standard InChI is InChI=1S/C14H11F2N3O2/c15-7-4-5-8(16)10(6-7)19-9-2-1-3-11(20)12(9)13(18-19)14(17)21/h4-6H,1-3H2,(H2,17,21). The van der Waals surface area contributed by atoms with Crippen molar-refractivity contribution in [2.45, 2.75) is 19.3 Å². The summed E-state index contributed by atoms with van der Waals surface area (Å²) in [6.45, 7) is 0. The van der Waals surface area contributed by atoms with Gasteiger partial charge in [0.15, 0.2) is 11.5 Å². The summed E-state index contributed by atoms with van der Waals surface area (Å²) in [5.41, 5.74) is 5.40. The van der Waals surface area contributed by atoms with E-state index in [0.717, 1.165) is 22.9 Å². The largest absolute Gasteiger partial charge is 0.364 e. The Kier molecular flexibility index (Phi) is 3.04. The number of carbonyl (C=O) groups excluding carboxylic acids is 2. The van der Waals surface area contributed by atoms with Gasteiger partial charge in [-0.05, 0) is 25.0 Å². The molecule has 0 fully saturated rings. The lowest BCUT2D eigenvalue weighted by molar-refractivity contribution is 0.0948. The number of hydrogen-bond donors (Lipinski definition) is 1. The van der Waals surface area contributed by atoms with Crippen molar-refractivity contribution in [2.24, 2.45) is 5.73 Å². The van der Waals surface area contributed by atoms with E-state index in [0.29, 0.717) is 18.5 Å². The summed E-state index contributed by atoms with van der Waals surface area (Å²) in [6.07, 6.45) is 1.29. The zero-order chi connectivity index (χ0) is 15.1. The molecule has 0 unspecified atom stereocenters. The lowest BCUT2D eigenvalue weighted by Gasteiger charge is -2.13. The molecule has 0 spiro atoms. The third-order valence-corrected chi connectivity index (χ3v) is 3.45. The first-order chi connectivity index (χ1) is 9.99. The van der Waals surface area contributed by atoms with Gasteiger partial charge in [0.1, 0.15) is 17.3 Å². The van der Waals surface area contributed by atoms with E-state index in [9.17, 15) is 18.4 Å². The topological polar surface area (TPSA) is 78.0 Å². The highest BCUT2D eigenvalue weighted by Gasteiger charge is 2.30. The summed E-state index contributed by atoms with van der Waals surface area (Å²) >= 11 is 0. The molecule has 0 saturated heterocycles. The molecule has 1 aromatic carbocycles. The lowest BCUT2D eigenvalue weighted by Crippen LogP contribution is -2.18. The quantitative estimate of drug-likeness (QED) is 0.916. The number of nitrogens with zero attached hydrogens (tertiary/aromatic N) is 2. The maximum absolute atomic E-state index is 13.9. The number of nitrogens with two attached hydrogens (primary N) is 1. The van der Waals surface area contributed by atoms with E-state index in [2.05, 4.69) is 5.10 Å². The number of benzene rings is 1. The van der Waals surface area contributed by atoms with Crippen molar-refractivity contribution in [1.82, 2.24) is 9.78 Å². The highest BCUT2D eigenvalue weighted by atomic mass is 19.1. The predicted octanol–water partition coefficient (Wildman–Crippen LogP) is 1.77. The Morgan fingerprint density at radius 3 is 2.76 bits per heavy atom. The normalized spacial score (nSPS) is 14.1. The van der Waals surface area contributed by atoms with Gasteiger partial charge in [0.05, 0.1) is 11.3 Å². The zero-order valence-corrected chi connectivity index (χ0v) is 10.9. The smallest absolute Gasteiger partial charge is 0.269 e. The molecule has 0 saturated carbocycles. The minimum Gasteiger partial charge on any atom is -0.364 e. The highest BCUT2D eigenvalue weighted by molar-refractivity contribution is 6.08. The summed E-state index contributed by atoms with van der Waals surface area (Å²) < 4.78 is 28.3. The van der Waals surface area contributed by atoms with Crippen molar-refractivity contribution >= 4 is 11.7 Å². The van der Waals surface area contributed by atoms with Crippen LogP contribution in [-0.2, 0) is 6.42 Å². The van der Waals surface area contributed by atoms with Crippen molar-refractivity contribution in [1.29, 1.82) is 0 Å². The molecule has 108 valence electrons. The molecule has 0 atom stereocenters. The number of ketones is 1. The first kappa shape index (κ1) is 13.4. The summed E-state index contributed by atoms with van der Waals surface area (Å²) in [6, 6.07) is 2.91. The van der Waals surface area contributed by atoms with E-state index < -0.39 is 17.5 Å². The summed E-state index contributed by atoms with van der Waals surface area (Å²) in [5.74, 6) is -2.46. The van der Waals surface area contributed by atoms with Crippen LogP contribution in [0.15, 0.2) is 18.2 Å². The molecule has 5 nitrogen and oxygen atoms in total. The summed E-state index contributed by atoms with van der Waals surface area (Å²) in [5, 5.41) is 3.93. The summed E-state index contributed by atoms with van der Waals surface area (Å²) in [7, 11) is 0. The molecule has 2 aromatic rings. The number of carbonyl (C=O) groups is 2. The number of hydrogen-bond acceptors (Lipinski definition) is 3. The molecule has 3 rings (SSSR count). The second-order valence-electron chi connectivity index (χ2n) is 4.82. The number of aromatic nitrogens is 2. The van der Waals surface area contributed by atoms with Crippen LogP contribution in [0.3, 0.4) is 0 Å². The maximum atomic E-state index is 13.9. The second kappa shape index (κ2) is 4.76. The van der Waals surface area contributed by atoms with Crippen molar-refractivity contribution in [2.75, 3.05) is 0 Å². The van der Waals surface area contributed by atoms with Gasteiger partial charge < -0.3 is 5.73 Å². The minimum absolute atomic E-state index is 0.123. The van der Waals surface area contributed by atoms with Crippen LogP contribution in [0.1, 0.15) is 39.4 Å². The Morgan fingerprint density at radius 1 is 1.29 bits per heavy atom. The van der Waals surface area contributed by atoms with Crippen molar-refractivity contribution < 1.29 is 18.4 Å². The van der Waals surface area contributed by atoms with Crippen LogP contribution in [0.4, 0.5) is 8.78 Å². The first-order valence-electron chi connectivity index (χ1n) is 6.39. The second-order valence-corrected chi connectivity index (χ2v) is 4.82. The molecular weight excluding hydrogens is 280 g/mol. The van der Waals surface area contributed by atoms with Crippen LogP contribution in [0.5, 0.6) is 0 Å². The minimum atomic E-state index is -0.864.